The van der Waals surface area contributed by atoms with Crippen molar-refractivity contribution in [2.24, 2.45) is 0 Å². The van der Waals surface area contributed by atoms with E-state index < -0.39 is 0 Å². The summed E-state index contributed by atoms with van der Waals surface area (Å²) in [5.41, 5.74) is 3.75. The van der Waals surface area contributed by atoms with Crippen LogP contribution in [0.15, 0.2) is 47.4 Å². The van der Waals surface area contributed by atoms with Gasteiger partial charge in [0.15, 0.2) is 0 Å². The molecule has 0 radical (unpaired) electrons. The molecule has 0 saturated carbocycles. The van der Waals surface area contributed by atoms with E-state index in [0.717, 1.165) is 27.8 Å². The Morgan fingerprint density at radius 3 is 2.42 bits per heavy atom. The molecule has 26 heavy (non-hydrogen) atoms. The lowest BCUT2D eigenvalue weighted by molar-refractivity contribution is -0.116. The molecule has 0 atom stereocenters. The number of ether oxygens (including phenoxy) is 1. The topological polar surface area (TPSA) is 60.3 Å². The molecule has 0 aliphatic heterocycles. The lowest BCUT2D eigenvalue weighted by Crippen LogP contribution is -2.27. The van der Waals surface area contributed by atoms with Gasteiger partial charge in [-0.25, -0.2) is 0 Å². The van der Waals surface area contributed by atoms with Crippen molar-refractivity contribution in [1.29, 1.82) is 0 Å². The van der Waals surface area contributed by atoms with Crippen LogP contribution in [0.4, 0.5) is 5.69 Å². The molecule has 5 nitrogen and oxygen atoms in total. The molecule has 134 valence electrons. The number of pyridine rings is 1. The van der Waals surface area contributed by atoms with Crippen LogP contribution in [0.1, 0.15) is 16.7 Å². The Morgan fingerprint density at radius 1 is 1.08 bits per heavy atom. The average molecular weight is 350 g/mol. The Morgan fingerprint density at radius 2 is 1.77 bits per heavy atom. The van der Waals surface area contributed by atoms with Crippen molar-refractivity contribution in [3.8, 4) is 5.75 Å². The number of anilines is 1. The fourth-order valence-corrected chi connectivity index (χ4v) is 3.30. The van der Waals surface area contributed by atoms with E-state index in [0.29, 0.717) is 11.1 Å². The van der Waals surface area contributed by atoms with Gasteiger partial charge in [0.25, 0.3) is 5.56 Å². The molecule has 1 heterocycles. The lowest BCUT2D eigenvalue weighted by Gasteiger charge is -2.14. The van der Waals surface area contributed by atoms with Gasteiger partial charge < -0.3 is 14.6 Å². The largest absolute Gasteiger partial charge is 0.496 e. The Labute approximate surface area is 152 Å². The highest BCUT2D eigenvalue weighted by Crippen LogP contribution is 2.23. The number of fused-ring (bicyclic) bond motifs is 1. The normalized spacial score (nSPS) is 10.8. The van der Waals surface area contributed by atoms with Crippen molar-refractivity contribution in [1.82, 2.24) is 4.57 Å². The third-order valence-electron chi connectivity index (χ3n) is 4.45. The molecule has 0 unspecified atom stereocenters. The zero-order chi connectivity index (χ0) is 18.8. The zero-order valence-electron chi connectivity index (χ0n) is 15.4. The minimum absolute atomic E-state index is 0.0429. The van der Waals surface area contributed by atoms with Crippen LogP contribution in [0.2, 0.25) is 0 Å². The molecule has 2 aromatic carbocycles. The van der Waals surface area contributed by atoms with Crippen LogP contribution in [0.3, 0.4) is 0 Å². The molecule has 1 amide bonds. The van der Waals surface area contributed by atoms with Gasteiger partial charge in [0.1, 0.15) is 12.3 Å². The highest BCUT2D eigenvalue weighted by atomic mass is 16.5. The predicted molar refractivity (Wildman–Crippen MR) is 104 cm³/mol. The maximum absolute atomic E-state index is 12.7. The fourth-order valence-electron chi connectivity index (χ4n) is 3.30. The molecule has 0 bridgehead atoms. The third-order valence-corrected chi connectivity index (χ3v) is 4.45. The molecule has 0 spiro atoms. The van der Waals surface area contributed by atoms with Gasteiger partial charge in [-0.3, -0.25) is 9.59 Å². The Kier molecular flexibility index (Phi) is 4.80. The third kappa shape index (κ3) is 3.33. The molecule has 3 rings (SSSR count). The second-order valence-electron chi connectivity index (χ2n) is 6.49. The first kappa shape index (κ1) is 17.7. The van der Waals surface area contributed by atoms with Gasteiger partial charge in [0.2, 0.25) is 5.91 Å². The summed E-state index contributed by atoms with van der Waals surface area (Å²) in [6.45, 7) is 5.90. The number of aromatic nitrogens is 1. The van der Waals surface area contributed by atoms with E-state index in [4.69, 9.17) is 4.74 Å². The molecule has 3 aromatic rings. The summed E-state index contributed by atoms with van der Waals surface area (Å²) in [5, 5.41) is 4.20. The standard InChI is InChI=1S/C21H22N2O3/c1-13-10-14(2)20(15(3)11-13)22-19(24)12-23-9-8-16-17(21(23)25)6-5-7-18(16)26-4/h5-11H,12H2,1-4H3,(H,22,24). The highest BCUT2D eigenvalue weighted by molar-refractivity contribution is 5.93. The smallest absolute Gasteiger partial charge is 0.259 e. The summed E-state index contributed by atoms with van der Waals surface area (Å²) < 4.78 is 6.70. The zero-order valence-corrected chi connectivity index (χ0v) is 15.4. The molecular weight excluding hydrogens is 328 g/mol. The summed E-state index contributed by atoms with van der Waals surface area (Å²) >= 11 is 0. The minimum atomic E-state index is -0.232. The molecule has 1 aromatic heterocycles. The van der Waals surface area contributed by atoms with E-state index in [2.05, 4.69) is 5.32 Å². The fraction of sp³-hybridized carbons (Fsp3) is 0.238. The van der Waals surface area contributed by atoms with Crippen molar-refractivity contribution < 1.29 is 9.53 Å². The van der Waals surface area contributed by atoms with E-state index in [-0.39, 0.29) is 18.0 Å². The maximum Gasteiger partial charge on any atom is 0.259 e. The number of carbonyl (C=O) groups excluding carboxylic acids is 1. The highest BCUT2D eigenvalue weighted by Gasteiger charge is 2.12. The number of aryl methyl sites for hydroxylation is 3. The van der Waals surface area contributed by atoms with Gasteiger partial charge >= 0.3 is 0 Å². The van der Waals surface area contributed by atoms with E-state index in [9.17, 15) is 9.59 Å². The van der Waals surface area contributed by atoms with Gasteiger partial charge in [-0.1, -0.05) is 23.8 Å². The van der Waals surface area contributed by atoms with Crippen molar-refractivity contribution in [3.05, 3.63) is 69.6 Å². The number of rotatable bonds is 4. The molecule has 0 aliphatic carbocycles. The quantitative estimate of drug-likeness (QED) is 0.782. The van der Waals surface area contributed by atoms with Gasteiger partial charge in [0, 0.05) is 17.3 Å². The number of carbonyl (C=O) groups is 1. The number of methoxy groups -OCH3 is 1. The number of nitrogens with zero attached hydrogens (tertiary/aromatic N) is 1. The van der Waals surface area contributed by atoms with E-state index >= 15 is 0 Å². The molecule has 0 aliphatic rings. The van der Waals surface area contributed by atoms with Crippen molar-refractivity contribution >= 4 is 22.4 Å². The van der Waals surface area contributed by atoms with E-state index in [1.54, 1.807) is 31.5 Å². The summed E-state index contributed by atoms with van der Waals surface area (Å²) in [5.74, 6) is 0.409. The van der Waals surface area contributed by atoms with Crippen LogP contribution in [0, 0.1) is 20.8 Å². The predicted octanol–water partition coefficient (Wildman–Crippen LogP) is 3.57. The Balaban J connectivity index is 1.89. The lowest BCUT2D eigenvalue weighted by atomic mass is 10.1. The Hall–Kier alpha value is -3.08. The minimum Gasteiger partial charge on any atom is -0.496 e. The first-order valence-corrected chi connectivity index (χ1v) is 8.44. The van der Waals surface area contributed by atoms with Gasteiger partial charge in [-0.15, -0.1) is 0 Å². The van der Waals surface area contributed by atoms with Gasteiger partial charge in [0.05, 0.1) is 12.5 Å². The number of nitrogens with one attached hydrogen (secondary N) is 1. The van der Waals surface area contributed by atoms with Crippen LogP contribution in [-0.2, 0) is 11.3 Å². The summed E-state index contributed by atoms with van der Waals surface area (Å²) in [6, 6.07) is 11.2. The second-order valence-corrected chi connectivity index (χ2v) is 6.49. The molecule has 0 saturated heterocycles. The van der Waals surface area contributed by atoms with Crippen LogP contribution in [-0.4, -0.2) is 17.6 Å². The number of amides is 1. The SMILES string of the molecule is COc1cccc2c(=O)n(CC(=O)Nc3c(C)cc(C)cc3C)ccc12. The van der Waals surface area contributed by atoms with Crippen LogP contribution in [0.25, 0.3) is 10.8 Å². The monoisotopic (exact) mass is 350 g/mol. The Bertz CT molecular complexity index is 1030. The maximum atomic E-state index is 12.7. The average Bonchev–Trinajstić information content (AvgIpc) is 2.60. The first-order valence-electron chi connectivity index (χ1n) is 8.44. The van der Waals surface area contributed by atoms with Crippen LogP contribution in [0.5, 0.6) is 5.75 Å². The molecule has 1 N–H and O–H groups in total. The molecule has 5 heteroatoms. The van der Waals surface area contributed by atoms with Gasteiger partial charge in [-0.05, 0) is 50.1 Å². The van der Waals surface area contributed by atoms with Crippen LogP contribution < -0.4 is 15.6 Å². The van der Waals surface area contributed by atoms with Crippen LogP contribution >= 0.6 is 0 Å². The number of hydrogen-bond donors (Lipinski definition) is 1. The second kappa shape index (κ2) is 7.04. The first-order chi connectivity index (χ1) is 12.4. The van der Waals surface area contributed by atoms with E-state index in [1.165, 1.54) is 4.57 Å². The summed E-state index contributed by atoms with van der Waals surface area (Å²) in [4.78, 5) is 25.2. The number of hydrogen-bond acceptors (Lipinski definition) is 3. The van der Waals surface area contributed by atoms with E-state index in [1.807, 2.05) is 39.0 Å². The van der Waals surface area contributed by atoms with Crippen molar-refractivity contribution in [2.75, 3.05) is 12.4 Å². The van der Waals surface area contributed by atoms with Gasteiger partial charge in [-0.2, -0.15) is 0 Å². The summed E-state index contributed by atoms with van der Waals surface area (Å²) in [7, 11) is 1.57. The number of benzene rings is 2. The summed E-state index contributed by atoms with van der Waals surface area (Å²) in [6.07, 6.45) is 1.63. The molecule has 0 fully saturated rings. The van der Waals surface area contributed by atoms with Crippen molar-refractivity contribution in [2.45, 2.75) is 27.3 Å². The van der Waals surface area contributed by atoms with Crippen molar-refractivity contribution in [3.63, 3.8) is 0 Å². The molecular formula is C21H22N2O3.